The van der Waals surface area contributed by atoms with Gasteiger partial charge in [-0.15, -0.1) is 0 Å². The van der Waals surface area contributed by atoms with Gasteiger partial charge in [-0.05, 0) is 49.6 Å². The first kappa shape index (κ1) is 14.2. The van der Waals surface area contributed by atoms with Crippen molar-refractivity contribution in [1.82, 2.24) is 4.57 Å². The molecule has 1 aromatic carbocycles. The molecule has 2 nitrogen and oxygen atoms in total. The van der Waals surface area contributed by atoms with Crippen molar-refractivity contribution >= 4 is 11.6 Å². The Bertz CT molecular complexity index is 542. The number of nitrogens with zero attached hydrogens (tertiary/aromatic N) is 1. The molecule has 0 amide bonds. The van der Waals surface area contributed by atoms with E-state index in [0.29, 0.717) is 11.1 Å². The smallest absolute Gasteiger partial charge is 0.119 e. The van der Waals surface area contributed by atoms with Gasteiger partial charge in [0.2, 0.25) is 0 Å². The second-order valence-electron chi connectivity index (χ2n) is 5.03. The van der Waals surface area contributed by atoms with Crippen LogP contribution in [0.5, 0.6) is 0 Å². The normalized spacial score (nSPS) is 12.9. The van der Waals surface area contributed by atoms with Crippen LogP contribution in [-0.4, -0.2) is 9.67 Å². The third-order valence-electron chi connectivity index (χ3n) is 3.43. The molecule has 1 unspecified atom stereocenters. The van der Waals surface area contributed by atoms with Gasteiger partial charge in [0.1, 0.15) is 6.10 Å². The van der Waals surface area contributed by atoms with E-state index in [9.17, 15) is 5.11 Å². The van der Waals surface area contributed by atoms with Crippen molar-refractivity contribution in [3.05, 3.63) is 58.4 Å². The predicted octanol–water partition coefficient (Wildman–Crippen LogP) is 4.37. The highest BCUT2D eigenvalue weighted by molar-refractivity contribution is 6.30. The summed E-state index contributed by atoms with van der Waals surface area (Å²) in [5.41, 5.74) is 3.05. The average Bonchev–Trinajstić information content (AvgIpc) is 2.82. The highest BCUT2D eigenvalue weighted by Gasteiger charge is 2.19. The van der Waals surface area contributed by atoms with Crippen LogP contribution in [-0.2, 0) is 6.42 Å². The minimum absolute atomic E-state index is 0.331. The van der Waals surface area contributed by atoms with Crippen molar-refractivity contribution in [2.45, 2.75) is 39.3 Å². The Morgan fingerprint density at radius 3 is 2.32 bits per heavy atom. The van der Waals surface area contributed by atoms with E-state index in [4.69, 9.17) is 11.6 Å². The minimum Gasteiger partial charge on any atom is -0.382 e. The lowest BCUT2D eigenvalue weighted by atomic mass is 10.0. The Morgan fingerprint density at radius 1 is 1.16 bits per heavy atom. The van der Waals surface area contributed by atoms with Crippen molar-refractivity contribution in [3.8, 4) is 0 Å². The summed E-state index contributed by atoms with van der Waals surface area (Å²) in [5.74, 6) is 0. The van der Waals surface area contributed by atoms with E-state index in [1.807, 2.05) is 24.3 Å². The fraction of sp³-hybridized carbons (Fsp3) is 0.375. The molecule has 0 radical (unpaired) electrons. The number of aromatic nitrogens is 1. The van der Waals surface area contributed by atoms with E-state index in [1.54, 1.807) is 0 Å². The Labute approximate surface area is 119 Å². The number of aliphatic hydroxyl groups excluding tert-OH is 1. The molecular formula is C16H20ClNO. The van der Waals surface area contributed by atoms with E-state index in [1.165, 1.54) is 5.56 Å². The van der Waals surface area contributed by atoms with Crippen LogP contribution in [0.25, 0.3) is 0 Å². The lowest BCUT2D eigenvalue weighted by Crippen LogP contribution is -2.12. The zero-order valence-corrected chi connectivity index (χ0v) is 12.4. The van der Waals surface area contributed by atoms with Gasteiger partial charge in [0.25, 0.3) is 0 Å². The molecule has 0 bridgehead atoms. The van der Waals surface area contributed by atoms with Gasteiger partial charge in [0.05, 0.1) is 5.69 Å². The first-order valence-electron chi connectivity index (χ1n) is 6.67. The second kappa shape index (κ2) is 5.81. The minimum atomic E-state index is -0.607. The van der Waals surface area contributed by atoms with Crippen LogP contribution in [0.3, 0.4) is 0 Å². The largest absolute Gasteiger partial charge is 0.382 e. The van der Waals surface area contributed by atoms with Gasteiger partial charge in [0, 0.05) is 17.3 Å². The summed E-state index contributed by atoms with van der Waals surface area (Å²) in [5, 5.41) is 11.3. The van der Waals surface area contributed by atoms with Crippen LogP contribution < -0.4 is 0 Å². The first-order chi connectivity index (χ1) is 9.04. The predicted molar refractivity (Wildman–Crippen MR) is 79.7 cm³/mol. The molecule has 1 atom stereocenters. The summed E-state index contributed by atoms with van der Waals surface area (Å²) in [6.45, 7) is 6.35. The molecule has 1 heterocycles. The molecule has 0 aliphatic heterocycles. The van der Waals surface area contributed by atoms with E-state index < -0.39 is 6.10 Å². The Kier molecular flexibility index (Phi) is 4.33. The summed E-state index contributed by atoms with van der Waals surface area (Å²) in [4.78, 5) is 0. The highest BCUT2D eigenvalue weighted by atomic mass is 35.5. The molecule has 0 spiro atoms. The van der Waals surface area contributed by atoms with E-state index >= 15 is 0 Å². The molecule has 0 saturated carbocycles. The monoisotopic (exact) mass is 277 g/mol. The summed E-state index contributed by atoms with van der Waals surface area (Å²) < 4.78 is 2.14. The third-order valence-corrected chi connectivity index (χ3v) is 3.68. The molecule has 0 aliphatic rings. The number of benzene rings is 1. The fourth-order valence-electron chi connectivity index (χ4n) is 2.37. The van der Waals surface area contributed by atoms with Crippen LogP contribution in [0.15, 0.2) is 36.5 Å². The standard InChI is InChI=1S/C16H20ClNO/c1-4-12-9-10-18(11(2)3)15(12)16(19)13-5-7-14(17)8-6-13/h5-11,16,19H,4H2,1-3H3. The summed E-state index contributed by atoms with van der Waals surface area (Å²) >= 11 is 5.89. The molecule has 2 rings (SSSR count). The van der Waals surface area contributed by atoms with Crippen LogP contribution in [0.2, 0.25) is 5.02 Å². The van der Waals surface area contributed by atoms with Gasteiger partial charge in [0.15, 0.2) is 0 Å². The molecule has 0 saturated heterocycles. The number of aryl methyl sites for hydroxylation is 1. The Balaban J connectivity index is 2.44. The van der Waals surface area contributed by atoms with E-state index in [-0.39, 0.29) is 0 Å². The van der Waals surface area contributed by atoms with Crippen molar-refractivity contribution in [2.75, 3.05) is 0 Å². The molecule has 0 fully saturated rings. The Hall–Kier alpha value is -1.25. The van der Waals surface area contributed by atoms with Crippen LogP contribution >= 0.6 is 11.6 Å². The summed E-state index contributed by atoms with van der Waals surface area (Å²) in [6.07, 6.45) is 2.36. The molecular weight excluding hydrogens is 258 g/mol. The van der Waals surface area contributed by atoms with Gasteiger partial charge >= 0.3 is 0 Å². The van der Waals surface area contributed by atoms with E-state index in [2.05, 4.69) is 37.6 Å². The molecule has 19 heavy (non-hydrogen) atoms. The maximum Gasteiger partial charge on any atom is 0.119 e. The van der Waals surface area contributed by atoms with E-state index in [0.717, 1.165) is 17.7 Å². The SMILES string of the molecule is CCc1ccn(C(C)C)c1C(O)c1ccc(Cl)cc1. The average molecular weight is 278 g/mol. The number of rotatable bonds is 4. The zero-order valence-electron chi connectivity index (χ0n) is 11.6. The molecule has 2 aromatic rings. The van der Waals surface area contributed by atoms with Gasteiger partial charge in [-0.1, -0.05) is 30.7 Å². The number of hydrogen-bond donors (Lipinski definition) is 1. The lowest BCUT2D eigenvalue weighted by molar-refractivity contribution is 0.206. The van der Waals surface area contributed by atoms with Gasteiger partial charge < -0.3 is 9.67 Å². The summed E-state index contributed by atoms with van der Waals surface area (Å²) in [7, 11) is 0. The molecule has 0 aliphatic carbocycles. The van der Waals surface area contributed by atoms with Crippen LogP contribution in [0.1, 0.15) is 49.7 Å². The fourth-order valence-corrected chi connectivity index (χ4v) is 2.50. The maximum absolute atomic E-state index is 10.6. The van der Waals surface area contributed by atoms with Crippen molar-refractivity contribution < 1.29 is 5.11 Å². The third kappa shape index (κ3) is 2.85. The molecule has 1 aromatic heterocycles. The Morgan fingerprint density at radius 2 is 1.79 bits per heavy atom. The quantitative estimate of drug-likeness (QED) is 0.882. The van der Waals surface area contributed by atoms with Crippen LogP contribution in [0, 0.1) is 0 Å². The summed E-state index contributed by atoms with van der Waals surface area (Å²) in [6, 6.07) is 9.81. The molecule has 3 heteroatoms. The van der Waals surface area contributed by atoms with Gasteiger partial charge in [-0.3, -0.25) is 0 Å². The maximum atomic E-state index is 10.6. The molecule has 1 N–H and O–H groups in total. The number of aliphatic hydroxyl groups is 1. The van der Waals surface area contributed by atoms with Gasteiger partial charge in [-0.25, -0.2) is 0 Å². The second-order valence-corrected chi connectivity index (χ2v) is 5.47. The van der Waals surface area contributed by atoms with Gasteiger partial charge in [-0.2, -0.15) is 0 Å². The molecule has 102 valence electrons. The number of hydrogen-bond acceptors (Lipinski definition) is 1. The first-order valence-corrected chi connectivity index (χ1v) is 7.05. The number of halogens is 1. The zero-order chi connectivity index (χ0) is 14.0. The van der Waals surface area contributed by atoms with Crippen molar-refractivity contribution in [2.24, 2.45) is 0 Å². The van der Waals surface area contributed by atoms with Crippen molar-refractivity contribution in [3.63, 3.8) is 0 Å². The van der Waals surface area contributed by atoms with Crippen LogP contribution in [0.4, 0.5) is 0 Å². The highest BCUT2D eigenvalue weighted by Crippen LogP contribution is 2.29. The van der Waals surface area contributed by atoms with Crippen molar-refractivity contribution in [1.29, 1.82) is 0 Å². The topological polar surface area (TPSA) is 25.2 Å². The lowest BCUT2D eigenvalue weighted by Gasteiger charge is -2.19.